The molecule has 3 heteroatoms. The summed E-state index contributed by atoms with van der Waals surface area (Å²) in [6.45, 7) is 4.00. The Morgan fingerprint density at radius 3 is 2.53 bits per heavy atom. The Labute approximate surface area is 113 Å². The fourth-order valence-electron chi connectivity index (χ4n) is 1.83. The van der Waals surface area contributed by atoms with Crippen molar-refractivity contribution in [3.8, 4) is 5.75 Å². The van der Waals surface area contributed by atoms with Crippen molar-refractivity contribution < 1.29 is 9.53 Å². The van der Waals surface area contributed by atoms with Gasteiger partial charge in [0.15, 0.2) is 0 Å². The first-order chi connectivity index (χ1) is 9.13. The van der Waals surface area contributed by atoms with Gasteiger partial charge >= 0.3 is 0 Å². The summed E-state index contributed by atoms with van der Waals surface area (Å²) in [6, 6.07) is 13.5. The second kappa shape index (κ2) is 6.14. The first-order valence-corrected chi connectivity index (χ1v) is 6.27. The first-order valence-electron chi connectivity index (χ1n) is 6.27. The number of ether oxygens (including phenoxy) is 1. The van der Waals surface area contributed by atoms with Crippen LogP contribution in [0.5, 0.6) is 5.75 Å². The quantitative estimate of drug-likeness (QED) is 0.824. The van der Waals surface area contributed by atoms with Gasteiger partial charge in [0.1, 0.15) is 18.1 Å². The lowest BCUT2D eigenvalue weighted by molar-refractivity contribution is -0.116. The van der Waals surface area contributed by atoms with Gasteiger partial charge in [-0.1, -0.05) is 18.2 Å². The summed E-state index contributed by atoms with van der Waals surface area (Å²) in [7, 11) is 0. The maximum Gasteiger partial charge on any atom is 0.134 e. The van der Waals surface area contributed by atoms with E-state index < -0.39 is 0 Å². The van der Waals surface area contributed by atoms with Crippen LogP contribution in [-0.4, -0.2) is 10.8 Å². The Hall–Kier alpha value is -2.16. The fraction of sp³-hybridized carbons (Fsp3) is 0.250. The number of hydrogen-bond donors (Lipinski definition) is 0. The number of pyridine rings is 1. The van der Waals surface area contributed by atoms with Gasteiger partial charge in [-0.05, 0) is 43.7 Å². The van der Waals surface area contributed by atoms with Crippen molar-refractivity contribution in [3.63, 3.8) is 0 Å². The van der Waals surface area contributed by atoms with E-state index in [0.717, 1.165) is 22.7 Å². The van der Waals surface area contributed by atoms with Crippen LogP contribution in [-0.2, 0) is 17.8 Å². The highest BCUT2D eigenvalue weighted by molar-refractivity contribution is 5.78. The van der Waals surface area contributed by atoms with Gasteiger partial charge in [0.25, 0.3) is 0 Å². The lowest BCUT2D eigenvalue weighted by Crippen LogP contribution is -2.00. The Morgan fingerprint density at radius 2 is 1.89 bits per heavy atom. The van der Waals surface area contributed by atoms with E-state index in [1.54, 1.807) is 6.92 Å². The predicted molar refractivity (Wildman–Crippen MR) is 74.1 cm³/mol. The van der Waals surface area contributed by atoms with Crippen molar-refractivity contribution in [2.24, 2.45) is 0 Å². The minimum absolute atomic E-state index is 0.164. The minimum Gasteiger partial charge on any atom is -0.487 e. The second-order valence-electron chi connectivity index (χ2n) is 4.58. The summed E-state index contributed by atoms with van der Waals surface area (Å²) < 4.78 is 5.66. The lowest BCUT2D eigenvalue weighted by atomic mass is 10.1. The molecule has 0 saturated carbocycles. The molecule has 0 aliphatic heterocycles. The third-order valence-electron chi connectivity index (χ3n) is 2.71. The van der Waals surface area contributed by atoms with E-state index in [2.05, 4.69) is 4.98 Å². The van der Waals surface area contributed by atoms with Crippen LogP contribution in [0.1, 0.15) is 23.9 Å². The topological polar surface area (TPSA) is 39.2 Å². The standard InChI is InChI=1S/C16H17NO2/c1-12-4-3-5-15(17-12)11-19-16-8-6-14(7-9-16)10-13(2)18/h3-9H,10-11H2,1-2H3. The van der Waals surface area contributed by atoms with Gasteiger partial charge in [-0.3, -0.25) is 9.78 Å². The van der Waals surface area contributed by atoms with E-state index in [4.69, 9.17) is 4.74 Å². The average Bonchev–Trinajstić information content (AvgIpc) is 2.37. The number of carbonyl (C=O) groups is 1. The van der Waals surface area contributed by atoms with Crippen LogP contribution in [0.2, 0.25) is 0 Å². The zero-order valence-corrected chi connectivity index (χ0v) is 11.2. The molecule has 1 heterocycles. The van der Waals surface area contributed by atoms with Gasteiger partial charge in [-0.2, -0.15) is 0 Å². The lowest BCUT2D eigenvalue weighted by Gasteiger charge is -2.07. The molecule has 0 fully saturated rings. The molecule has 0 amide bonds. The van der Waals surface area contributed by atoms with Gasteiger partial charge in [0.05, 0.1) is 5.69 Å². The van der Waals surface area contributed by atoms with Crippen LogP contribution in [0, 0.1) is 6.92 Å². The van der Waals surface area contributed by atoms with Crippen LogP contribution in [0.3, 0.4) is 0 Å². The molecule has 0 radical (unpaired) electrons. The molecule has 1 aromatic carbocycles. The average molecular weight is 255 g/mol. The van der Waals surface area contributed by atoms with Gasteiger partial charge in [-0.15, -0.1) is 0 Å². The van der Waals surface area contributed by atoms with Gasteiger partial charge < -0.3 is 4.74 Å². The molecule has 19 heavy (non-hydrogen) atoms. The number of aromatic nitrogens is 1. The van der Waals surface area contributed by atoms with Crippen LogP contribution >= 0.6 is 0 Å². The van der Waals surface area contributed by atoms with E-state index in [-0.39, 0.29) is 5.78 Å². The number of nitrogens with zero attached hydrogens (tertiary/aromatic N) is 1. The van der Waals surface area contributed by atoms with Gasteiger partial charge in [0, 0.05) is 12.1 Å². The number of hydrogen-bond acceptors (Lipinski definition) is 3. The minimum atomic E-state index is 0.164. The van der Waals surface area contributed by atoms with E-state index >= 15 is 0 Å². The monoisotopic (exact) mass is 255 g/mol. The van der Waals surface area contributed by atoms with Gasteiger partial charge in [0.2, 0.25) is 0 Å². The van der Waals surface area contributed by atoms with Crippen molar-refractivity contribution in [3.05, 3.63) is 59.4 Å². The summed E-state index contributed by atoms with van der Waals surface area (Å²) in [4.78, 5) is 15.4. The number of benzene rings is 1. The number of Topliss-reactive ketones (excluding diaryl/α,β-unsaturated/α-hetero) is 1. The molecule has 0 N–H and O–H groups in total. The molecule has 3 nitrogen and oxygen atoms in total. The molecule has 2 rings (SSSR count). The third kappa shape index (κ3) is 4.21. The molecule has 98 valence electrons. The summed E-state index contributed by atoms with van der Waals surface area (Å²) in [6.07, 6.45) is 0.472. The molecule has 0 aliphatic rings. The molecule has 2 aromatic rings. The van der Waals surface area contributed by atoms with Crippen molar-refractivity contribution in [1.82, 2.24) is 4.98 Å². The molecule has 0 unspecified atom stereocenters. The van der Waals surface area contributed by atoms with E-state index in [0.29, 0.717) is 13.0 Å². The normalized spacial score (nSPS) is 10.2. The summed E-state index contributed by atoms with van der Waals surface area (Å²) >= 11 is 0. The van der Waals surface area contributed by atoms with Crippen LogP contribution < -0.4 is 4.74 Å². The van der Waals surface area contributed by atoms with Crippen LogP contribution in [0.25, 0.3) is 0 Å². The number of carbonyl (C=O) groups excluding carboxylic acids is 1. The number of ketones is 1. The maximum absolute atomic E-state index is 11.0. The molecule has 0 bridgehead atoms. The largest absolute Gasteiger partial charge is 0.487 e. The predicted octanol–water partition coefficient (Wildman–Crippen LogP) is 3.10. The fourth-order valence-corrected chi connectivity index (χ4v) is 1.83. The Balaban J connectivity index is 1.94. The van der Waals surface area contributed by atoms with E-state index in [1.807, 2.05) is 49.4 Å². The highest BCUT2D eigenvalue weighted by Gasteiger charge is 2.00. The molecule has 0 atom stereocenters. The van der Waals surface area contributed by atoms with Crippen molar-refractivity contribution in [2.45, 2.75) is 26.9 Å². The highest BCUT2D eigenvalue weighted by atomic mass is 16.5. The maximum atomic E-state index is 11.0. The Bertz CT molecular complexity index is 561. The Kier molecular flexibility index (Phi) is 4.29. The third-order valence-corrected chi connectivity index (χ3v) is 2.71. The zero-order chi connectivity index (χ0) is 13.7. The molecular formula is C16H17NO2. The number of aryl methyl sites for hydroxylation is 1. The van der Waals surface area contributed by atoms with Crippen molar-refractivity contribution >= 4 is 5.78 Å². The molecule has 0 saturated heterocycles. The second-order valence-corrected chi connectivity index (χ2v) is 4.58. The summed E-state index contributed by atoms with van der Waals surface area (Å²) in [5.41, 5.74) is 2.90. The smallest absolute Gasteiger partial charge is 0.134 e. The SMILES string of the molecule is CC(=O)Cc1ccc(OCc2cccc(C)n2)cc1. The molecular weight excluding hydrogens is 238 g/mol. The first kappa shape index (κ1) is 13.3. The van der Waals surface area contributed by atoms with Gasteiger partial charge in [-0.25, -0.2) is 0 Å². The van der Waals surface area contributed by atoms with E-state index in [1.165, 1.54) is 0 Å². The molecule has 0 spiro atoms. The zero-order valence-electron chi connectivity index (χ0n) is 11.2. The summed E-state index contributed by atoms with van der Waals surface area (Å²) in [5.74, 6) is 0.952. The van der Waals surface area contributed by atoms with Crippen LogP contribution in [0.4, 0.5) is 0 Å². The molecule has 0 aliphatic carbocycles. The van der Waals surface area contributed by atoms with Crippen molar-refractivity contribution in [2.75, 3.05) is 0 Å². The summed E-state index contributed by atoms with van der Waals surface area (Å²) in [5, 5.41) is 0. The molecule has 1 aromatic heterocycles. The Morgan fingerprint density at radius 1 is 1.16 bits per heavy atom. The highest BCUT2D eigenvalue weighted by Crippen LogP contribution is 2.14. The van der Waals surface area contributed by atoms with Crippen LogP contribution in [0.15, 0.2) is 42.5 Å². The number of rotatable bonds is 5. The van der Waals surface area contributed by atoms with Crippen molar-refractivity contribution in [1.29, 1.82) is 0 Å². The van der Waals surface area contributed by atoms with E-state index in [9.17, 15) is 4.79 Å².